The number of rotatable bonds is 3. The Kier molecular flexibility index (Phi) is 4.42. The number of nitrogens with zero attached hydrogens (tertiary/aromatic N) is 6. The first-order valence-electron chi connectivity index (χ1n) is 10.6. The molecule has 6 rings (SSSR count). The van der Waals surface area contributed by atoms with Crippen LogP contribution in [-0.4, -0.2) is 39.7 Å². The summed E-state index contributed by atoms with van der Waals surface area (Å²) in [5, 5.41) is 5.80. The zero-order chi connectivity index (χ0) is 23.4. The zero-order valence-electron chi connectivity index (χ0n) is 17.9. The van der Waals surface area contributed by atoms with Crippen molar-refractivity contribution < 1.29 is 8.42 Å². The van der Waals surface area contributed by atoms with Crippen LogP contribution in [0, 0.1) is 0 Å². The number of sulfonamides is 1. The Morgan fingerprint density at radius 2 is 1.79 bits per heavy atom. The van der Waals surface area contributed by atoms with E-state index in [1.807, 2.05) is 36.4 Å². The lowest BCUT2D eigenvalue weighted by Gasteiger charge is -2.35. The van der Waals surface area contributed by atoms with Crippen LogP contribution in [-0.2, 0) is 16.4 Å². The summed E-state index contributed by atoms with van der Waals surface area (Å²) in [6, 6.07) is 15.9. The van der Waals surface area contributed by atoms with Gasteiger partial charge in [0.05, 0.1) is 35.4 Å². The highest BCUT2D eigenvalue weighted by atomic mass is 32.2. The number of fused-ring (bicyclic) bond motifs is 3. The van der Waals surface area contributed by atoms with Gasteiger partial charge in [-0.05, 0) is 30.2 Å². The smallest absolute Gasteiger partial charge is 0.266 e. The Morgan fingerprint density at radius 1 is 0.971 bits per heavy atom. The third-order valence-electron chi connectivity index (χ3n) is 6.10. The van der Waals surface area contributed by atoms with Gasteiger partial charge in [-0.1, -0.05) is 36.4 Å². The number of hydrogen-bond donors (Lipinski definition) is 2. The lowest BCUT2D eigenvalue weighted by atomic mass is 10.00. The topological polar surface area (TPSA) is 146 Å². The van der Waals surface area contributed by atoms with Crippen LogP contribution in [0.15, 0.2) is 71.9 Å². The molecule has 0 amide bonds. The molecule has 34 heavy (non-hydrogen) atoms. The van der Waals surface area contributed by atoms with Gasteiger partial charge in [-0.2, -0.15) is 15.1 Å². The van der Waals surface area contributed by atoms with Crippen molar-refractivity contribution in [3.8, 4) is 0 Å². The summed E-state index contributed by atoms with van der Waals surface area (Å²) < 4.78 is 31.2. The van der Waals surface area contributed by atoms with Gasteiger partial charge in [-0.15, -0.1) is 0 Å². The first-order chi connectivity index (χ1) is 16.4. The van der Waals surface area contributed by atoms with Crippen LogP contribution in [0.5, 0.6) is 0 Å². The summed E-state index contributed by atoms with van der Waals surface area (Å²) >= 11 is 0. The standard InChI is InChI=1S/C23H20N8O2S/c24-21-17-12-27-31(22(17)29-23(25)28-21)16-11-15-5-1-2-8-18(15)30(13-16)34(32,33)19-9-3-6-14-7-4-10-26-20(14)19/h1-10,12,16H,11,13H2,(H4,24,25,28,29). The molecule has 1 atom stereocenters. The normalized spacial score (nSPS) is 16.1. The van der Waals surface area contributed by atoms with Crippen LogP contribution in [0.2, 0.25) is 0 Å². The van der Waals surface area contributed by atoms with Crippen LogP contribution >= 0.6 is 0 Å². The molecule has 0 bridgehead atoms. The molecule has 0 radical (unpaired) electrons. The number of hydrogen-bond acceptors (Lipinski definition) is 8. The van der Waals surface area contributed by atoms with E-state index >= 15 is 0 Å². The second kappa shape index (κ2) is 7.39. The Balaban J connectivity index is 1.52. The summed E-state index contributed by atoms with van der Waals surface area (Å²) in [7, 11) is -3.95. The van der Waals surface area contributed by atoms with Crippen molar-refractivity contribution in [2.45, 2.75) is 17.4 Å². The number of para-hydroxylation sites is 2. The van der Waals surface area contributed by atoms with Crippen LogP contribution in [0.25, 0.3) is 21.9 Å². The van der Waals surface area contributed by atoms with Crippen molar-refractivity contribution in [3.05, 3.63) is 72.6 Å². The molecule has 0 spiro atoms. The molecular formula is C23H20N8O2S. The SMILES string of the molecule is Nc1nc(N)c2cnn(C3Cc4ccccc4N(S(=O)(=O)c4cccc5cccnc45)C3)c2n1. The van der Waals surface area contributed by atoms with Crippen molar-refractivity contribution in [3.63, 3.8) is 0 Å². The average Bonchev–Trinajstić information content (AvgIpc) is 3.27. The molecule has 0 saturated carbocycles. The molecule has 0 saturated heterocycles. The summed E-state index contributed by atoms with van der Waals surface area (Å²) in [6.07, 6.45) is 3.74. The molecule has 11 heteroatoms. The molecule has 0 fully saturated rings. The van der Waals surface area contributed by atoms with E-state index in [-0.39, 0.29) is 29.2 Å². The van der Waals surface area contributed by atoms with E-state index in [9.17, 15) is 8.42 Å². The third kappa shape index (κ3) is 3.05. The van der Waals surface area contributed by atoms with Crippen molar-refractivity contribution >= 4 is 49.4 Å². The van der Waals surface area contributed by atoms with Crippen LogP contribution < -0.4 is 15.8 Å². The van der Waals surface area contributed by atoms with Gasteiger partial charge < -0.3 is 11.5 Å². The van der Waals surface area contributed by atoms with Crippen molar-refractivity contribution in [2.24, 2.45) is 0 Å². The van der Waals surface area contributed by atoms with Gasteiger partial charge in [0.15, 0.2) is 5.65 Å². The highest BCUT2D eigenvalue weighted by Crippen LogP contribution is 2.37. The van der Waals surface area contributed by atoms with Gasteiger partial charge in [0.2, 0.25) is 5.95 Å². The molecule has 1 aliphatic heterocycles. The molecule has 5 aromatic rings. The number of anilines is 3. The van der Waals surface area contributed by atoms with Crippen LogP contribution in [0.1, 0.15) is 11.6 Å². The molecule has 3 aromatic heterocycles. The van der Waals surface area contributed by atoms with Gasteiger partial charge in [0.25, 0.3) is 10.0 Å². The quantitative estimate of drug-likeness (QED) is 0.407. The molecule has 10 nitrogen and oxygen atoms in total. The maximum absolute atomic E-state index is 14.0. The van der Waals surface area contributed by atoms with Crippen LogP contribution in [0.3, 0.4) is 0 Å². The van der Waals surface area contributed by atoms with E-state index in [0.29, 0.717) is 28.7 Å². The number of nitrogen functional groups attached to an aromatic ring is 2. The van der Waals surface area contributed by atoms with Crippen molar-refractivity contribution in [1.29, 1.82) is 0 Å². The summed E-state index contributed by atoms with van der Waals surface area (Å²) in [6.45, 7) is 0.156. The largest absolute Gasteiger partial charge is 0.383 e. The average molecular weight is 473 g/mol. The molecule has 1 aliphatic rings. The fraction of sp³-hybridized carbons (Fsp3) is 0.130. The molecule has 4 N–H and O–H groups in total. The molecule has 2 aromatic carbocycles. The molecule has 4 heterocycles. The molecular weight excluding hydrogens is 452 g/mol. The lowest BCUT2D eigenvalue weighted by Crippen LogP contribution is -2.41. The number of benzene rings is 2. The zero-order valence-corrected chi connectivity index (χ0v) is 18.7. The Morgan fingerprint density at radius 3 is 2.68 bits per heavy atom. The van der Waals surface area contributed by atoms with E-state index in [1.165, 1.54) is 4.31 Å². The minimum atomic E-state index is -3.95. The molecule has 1 unspecified atom stereocenters. The predicted molar refractivity (Wildman–Crippen MR) is 130 cm³/mol. The Hall–Kier alpha value is -4.25. The van der Waals surface area contributed by atoms with E-state index in [1.54, 1.807) is 35.3 Å². The van der Waals surface area contributed by atoms with Gasteiger partial charge in [-0.3, -0.25) is 9.29 Å². The highest BCUT2D eigenvalue weighted by Gasteiger charge is 2.36. The Bertz CT molecular complexity index is 1680. The first kappa shape index (κ1) is 20.4. The number of pyridine rings is 1. The monoisotopic (exact) mass is 472 g/mol. The maximum Gasteiger partial charge on any atom is 0.266 e. The van der Waals surface area contributed by atoms with E-state index in [0.717, 1.165) is 10.9 Å². The second-order valence-corrected chi connectivity index (χ2v) is 9.98. The summed E-state index contributed by atoms with van der Waals surface area (Å²) in [5.74, 6) is 0.269. The summed E-state index contributed by atoms with van der Waals surface area (Å²) in [4.78, 5) is 12.8. The fourth-order valence-electron chi connectivity index (χ4n) is 4.56. The fourth-order valence-corrected chi connectivity index (χ4v) is 6.27. The summed E-state index contributed by atoms with van der Waals surface area (Å²) in [5.41, 5.74) is 14.3. The maximum atomic E-state index is 14.0. The molecule has 0 aliphatic carbocycles. The first-order valence-corrected chi connectivity index (χ1v) is 12.1. The van der Waals surface area contributed by atoms with Gasteiger partial charge in [-0.25, -0.2) is 13.1 Å². The van der Waals surface area contributed by atoms with Gasteiger partial charge in [0, 0.05) is 11.6 Å². The van der Waals surface area contributed by atoms with E-state index in [2.05, 4.69) is 20.1 Å². The molecule has 170 valence electrons. The minimum Gasteiger partial charge on any atom is -0.383 e. The predicted octanol–water partition coefficient (Wildman–Crippen LogP) is 2.53. The van der Waals surface area contributed by atoms with Crippen LogP contribution in [0.4, 0.5) is 17.5 Å². The van der Waals surface area contributed by atoms with Gasteiger partial charge in [0.1, 0.15) is 10.7 Å². The third-order valence-corrected chi connectivity index (χ3v) is 7.91. The second-order valence-electron chi connectivity index (χ2n) is 8.15. The van der Waals surface area contributed by atoms with E-state index < -0.39 is 10.0 Å². The van der Waals surface area contributed by atoms with Crippen molar-refractivity contribution in [2.75, 3.05) is 22.3 Å². The highest BCUT2D eigenvalue weighted by molar-refractivity contribution is 7.93. The minimum absolute atomic E-state index is 0.0364. The number of aromatic nitrogens is 5. The Labute approximate surface area is 194 Å². The van der Waals surface area contributed by atoms with Gasteiger partial charge >= 0.3 is 0 Å². The lowest BCUT2D eigenvalue weighted by molar-refractivity contribution is 0.456. The number of nitrogens with two attached hydrogens (primary N) is 2. The van der Waals surface area contributed by atoms with E-state index in [4.69, 9.17) is 11.5 Å². The van der Waals surface area contributed by atoms with Crippen molar-refractivity contribution in [1.82, 2.24) is 24.7 Å².